The van der Waals surface area contributed by atoms with Crippen molar-refractivity contribution in [3.63, 3.8) is 0 Å². The summed E-state index contributed by atoms with van der Waals surface area (Å²) in [5.74, 6) is 0.981. The third-order valence-electron chi connectivity index (χ3n) is 3.22. The predicted molar refractivity (Wildman–Crippen MR) is 81.5 cm³/mol. The van der Waals surface area contributed by atoms with E-state index in [0.29, 0.717) is 36.1 Å². The highest BCUT2D eigenvalue weighted by molar-refractivity contribution is 5.97. The van der Waals surface area contributed by atoms with Crippen LogP contribution in [0.1, 0.15) is 16.2 Å². The standard InChI is InChI=1S/C15H16N4O5/c1-21-14-17-11(18-15(19-14)22-2)8-16-13(20)9-4-3-5-10-12(9)24-7-6-23-10/h3-5H,6-8H2,1-2H3,(H,16,20). The van der Waals surface area contributed by atoms with E-state index in [9.17, 15) is 4.79 Å². The van der Waals surface area contributed by atoms with Gasteiger partial charge in [0.05, 0.1) is 26.3 Å². The van der Waals surface area contributed by atoms with E-state index < -0.39 is 0 Å². The van der Waals surface area contributed by atoms with Crippen molar-refractivity contribution in [2.45, 2.75) is 6.54 Å². The minimum Gasteiger partial charge on any atom is -0.486 e. The molecule has 0 fully saturated rings. The summed E-state index contributed by atoms with van der Waals surface area (Å²) in [6.07, 6.45) is 0. The fraction of sp³-hybridized carbons (Fsp3) is 0.333. The minimum absolute atomic E-state index is 0.0819. The number of aromatic nitrogens is 3. The molecule has 2 heterocycles. The smallest absolute Gasteiger partial charge is 0.322 e. The number of fused-ring (bicyclic) bond motifs is 1. The summed E-state index contributed by atoms with van der Waals surface area (Å²) >= 11 is 0. The quantitative estimate of drug-likeness (QED) is 0.848. The van der Waals surface area contributed by atoms with Gasteiger partial charge in [-0.3, -0.25) is 4.79 Å². The lowest BCUT2D eigenvalue weighted by Crippen LogP contribution is -2.26. The second-order valence-corrected chi connectivity index (χ2v) is 4.74. The molecule has 3 rings (SSSR count). The molecule has 0 saturated heterocycles. The Kier molecular flexibility index (Phi) is 4.59. The first-order valence-electron chi connectivity index (χ1n) is 7.21. The Balaban J connectivity index is 1.74. The molecule has 2 aromatic rings. The third-order valence-corrected chi connectivity index (χ3v) is 3.22. The van der Waals surface area contributed by atoms with Gasteiger partial charge < -0.3 is 24.3 Å². The molecule has 0 unspecified atom stereocenters. The molecule has 0 saturated carbocycles. The van der Waals surface area contributed by atoms with E-state index in [2.05, 4.69) is 20.3 Å². The number of para-hydroxylation sites is 1. The summed E-state index contributed by atoms with van der Waals surface area (Å²) in [5.41, 5.74) is 0.389. The Morgan fingerprint density at radius 2 is 1.83 bits per heavy atom. The van der Waals surface area contributed by atoms with Crippen LogP contribution >= 0.6 is 0 Å². The lowest BCUT2D eigenvalue weighted by atomic mass is 10.1. The van der Waals surface area contributed by atoms with Crippen LogP contribution in [0.5, 0.6) is 23.5 Å². The average molecular weight is 332 g/mol. The highest BCUT2D eigenvalue weighted by Crippen LogP contribution is 2.33. The molecule has 1 N–H and O–H groups in total. The number of nitrogens with one attached hydrogen (secondary N) is 1. The lowest BCUT2D eigenvalue weighted by Gasteiger charge is -2.20. The van der Waals surface area contributed by atoms with E-state index >= 15 is 0 Å². The molecule has 0 aliphatic carbocycles. The topological polar surface area (TPSA) is 105 Å². The van der Waals surface area contributed by atoms with Gasteiger partial charge in [-0.05, 0) is 12.1 Å². The van der Waals surface area contributed by atoms with Gasteiger partial charge in [-0.15, -0.1) is 4.98 Å². The van der Waals surface area contributed by atoms with Crippen LogP contribution in [0, 0.1) is 0 Å². The Labute approximate surface area is 137 Å². The van der Waals surface area contributed by atoms with Crippen molar-refractivity contribution in [2.24, 2.45) is 0 Å². The van der Waals surface area contributed by atoms with Gasteiger partial charge >= 0.3 is 12.0 Å². The van der Waals surface area contributed by atoms with Gasteiger partial charge in [-0.1, -0.05) is 6.07 Å². The zero-order valence-electron chi connectivity index (χ0n) is 13.2. The van der Waals surface area contributed by atoms with Crippen LogP contribution < -0.4 is 24.3 Å². The average Bonchev–Trinajstić information content (AvgIpc) is 2.65. The van der Waals surface area contributed by atoms with Crippen LogP contribution in [-0.4, -0.2) is 48.3 Å². The van der Waals surface area contributed by atoms with Gasteiger partial charge in [0.2, 0.25) is 0 Å². The van der Waals surface area contributed by atoms with Crippen molar-refractivity contribution in [2.75, 3.05) is 27.4 Å². The van der Waals surface area contributed by atoms with E-state index in [1.807, 2.05) is 0 Å². The molecule has 0 bridgehead atoms. The molecule has 9 nitrogen and oxygen atoms in total. The van der Waals surface area contributed by atoms with E-state index in [0.717, 1.165) is 0 Å². The Morgan fingerprint density at radius 1 is 1.12 bits per heavy atom. The van der Waals surface area contributed by atoms with Crippen LogP contribution in [0.4, 0.5) is 0 Å². The Hall–Kier alpha value is -3.10. The number of rotatable bonds is 5. The number of hydrogen-bond donors (Lipinski definition) is 1. The molecule has 24 heavy (non-hydrogen) atoms. The maximum absolute atomic E-state index is 12.4. The number of amides is 1. The third kappa shape index (κ3) is 3.29. The highest BCUT2D eigenvalue weighted by Gasteiger charge is 2.20. The lowest BCUT2D eigenvalue weighted by molar-refractivity contribution is 0.0938. The summed E-state index contributed by atoms with van der Waals surface area (Å²) < 4.78 is 20.9. The van der Waals surface area contributed by atoms with Gasteiger partial charge in [-0.2, -0.15) is 9.97 Å². The van der Waals surface area contributed by atoms with Crippen LogP contribution in [0.25, 0.3) is 0 Å². The van der Waals surface area contributed by atoms with E-state index in [1.54, 1.807) is 18.2 Å². The fourth-order valence-corrected chi connectivity index (χ4v) is 2.15. The van der Waals surface area contributed by atoms with Gasteiger partial charge in [0.25, 0.3) is 5.91 Å². The molecular formula is C15H16N4O5. The first kappa shape index (κ1) is 15.8. The van der Waals surface area contributed by atoms with E-state index in [-0.39, 0.29) is 24.5 Å². The summed E-state index contributed by atoms with van der Waals surface area (Å²) in [4.78, 5) is 24.4. The van der Waals surface area contributed by atoms with Crippen LogP contribution in [0.15, 0.2) is 18.2 Å². The Bertz CT molecular complexity index is 730. The minimum atomic E-state index is -0.323. The Morgan fingerprint density at radius 3 is 2.54 bits per heavy atom. The molecule has 0 radical (unpaired) electrons. The molecule has 9 heteroatoms. The monoisotopic (exact) mass is 332 g/mol. The van der Waals surface area contributed by atoms with Crippen molar-refractivity contribution >= 4 is 5.91 Å². The molecule has 1 amide bonds. The summed E-state index contributed by atoms with van der Waals surface area (Å²) in [6.45, 7) is 0.945. The summed E-state index contributed by atoms with van der Waals surface area (Å²) in [7, 11) is 2.87. The number of benzene rings is 1. The summed E-state index contributed by atoms with van der Waals surface area (Å²) in [5, 5.41) is 2.73. The zero-order valence-corrected chi connectivity index (χ0v) is 13.2. The molecular weight excluding hydrogens is 316 g/mol. The van der Waals surface area contributed by atoms with Crippen LogP contribution in [0.2, 0.25) is 0 Å². The van der Waals surface area contributed by atoms with Crippen molar-refractivity contribution < 1.29 is 23.7 Å². The molecule has 126 valence electrons. The molecule has 1 aromatic carbocycles. The zero-order chi connectivity index (χ0) is 16.9. The van der Waals surface area contributed by atoms with Gasteiger partial charge in [0.15, 0.2) is 17.3 Å². The number of carbonyl (C=O) groups excluding carboxylic acids is 1. The molecule has 0 atom stereocenters. The second-order valence-electron chi connectivity index (χ2n) is 4.74. The van der Waals surface area contributed by atoms with Crippen molar-refractivity contribution in [1.29, 1.82) is 0 Å². The van der Waals surface area contributed by atoms with Crippen LogP contribution in [-0.2, 0) is 6.54 Å². The number of ether oxygens (including phenoxy) is 4. The molecule has 1 aliphatic heterocycles. The molecule has 1 aromatic heterocycles. The number of nitrogens with zero attached hydrogens (tertiary/aromatic N) is 3. The van der Waals surface area contributed by atoms with E-state index in [4.69, 9.17) is 18.9 Å². The van der Waals surface area contributed by atoms with E-state index in [1.165, 1.54) is 14.2 Å². The highest BCUT2D eigenvalue weighted by atomic mass is 16.6. The van der Waals surface area contributed by atoms with Gasteiger partial charge in [-0.25, -0.2) is 0 Å². The normalized spacial score (nSPS) is 12.4. The van der Waals surface area contributed by atoms with Gasteiger partial charge in [0.1, 0.15) is 13.2 Å². The first-order valence-corrected chi connectivity index (χ1v) is 7.21. The van der Waals surface area contributed by atoms with Crippen LogP contribution in [0.3, 0.4) is 0 Å². The van der Waals surface area contributed by atoms with Crippen molar-refractivity contribution in [3.8, 4) is 23.5 Å². The largest absolute Gasteiger partial charge is 0.486 e. The number of methoxy groups -OCH3 is 2. The molecule has 1 aliphatic rings. The predicted octanol–water partition coefficient (Wildman–Crippen LogP) is 0.590. The van der Waals surface area contributed by atoms with Gasteiger partial charge in [0, 0.05) is 0 Å². The number of carbonyl (C=O) groups is 1. The maximum atomic E-state index is 12.4. The fourth-order valence-electron chi connectivity index (χ4n) is 2.15. The second kappa shape index (κ2) is 6.99. The maximum Gasteiger partial charge on any atom is 0.322 e. The number of hydrogen-bond acceptors (Lipinski definition) is 8. The molecule has 0 spiro atoms. The first-order chi connectivity index (χ1) is 11.7. The van der Waals surface area contributed by atoms with Crippen molar-refractivity contribution in [1.82, 2.24) is 20.3 Å². The van der Waals surface area contributed by atoms with Crippen molar-refractivity contribution in [3.05, 3.63) is 29.6 Å². The SMILES string of the molecule is COc1nc(CNC(=O)c2cccc3c2OCCO3)nc(OC)n1. The summed E-state index contributed by atoms with van der Waals surface area (Å²) in [6, 6.07) is 5.38.